The average Bonchev–Trinajstić information content (AvgIpc) is 3.11. The molecule has 0 saturated carbocycles. The predicted molar refractivity (Wildman–Crippen MR) is 103 cm³/mol. The van der Waals surface area contributed by atoms with E-state index < -0.39 is 0 Å². The third kappa shape index (κ3) is 3.54. The Morgan fingerprint density at radius 3 is 3.00 bits per heavy atom. The van der Waals surface area contributed by atoms with Crippen LogP contribution in [0.25, 0.3) is 0 Å². The molecule has 26 heavy (non-hydrogen) atoms. The average molecular weight is 372 g/mol. The summed E-state index contributed by atoms with van der Waals surface area (Å²) in [5, 5.41) is 3.04. The topological polar surface area (TPSA) is 54.5 Å². The molecule has 1 fully saturated rings. The number of ether oxygens (including phenoxy) is 1. The highest BCUT2D eigenvalue weighted by molar-refractivity contribution is 7.14. The normalized spacial score (nSPS) is 19.3. The number of amides is 1. The SMILES string of the molecule is CN1CCC2(CC1)OCCc1sc(C(=O)NCCc3ccccn3)cc12. The van der Waals surface area contributed by atoms with Crippen LogP contribution in [0.2, 0.25) is 0 Å². The Kier molecular flexibility index (Phi) is 5.07. The van der Waals surface area contributed by atoms with Crippen LogP contribution in [0.1, 0.15) is 38.6 Å². The van der Waals surface area contributed by atoms with Crippen LogP contribution in [-0.4, -0.2) is 49.1 Å². The monoisotopic (exact) mass is 371 g/mol. The Morgan fingerprint density at radius 2 is 2.23 bits per heavy atom. The number of rotatable bonds is 4. The van der Waals surface area contributed by atoms with Gasteiger partial charge in [-0.15, -0.1) is 11.3 Å². The highest BCUT2D eigenvalue weighted by atomic mass is 32.1. The Hall–Kier alpha value is -1.76. The smallest absolute Gasteiger partial charge is 0.261 e. The fourth-order valence-corrected chi connectivity index (χ4v) is 5.01. The molecule has 0 bridgehead atoms. The molecule has 2 aliphatic heterocycles. The molecule has 138 valence electrons. The number of pyridine rings is 1. The maximum atomic E-state index is 12.6. The van der Waals surface area contributed by atoms with Crippen molar-refractivity contribution in [3.63, 3.8) is 0 Å². The summed E-state index contributed by atoms with van der Waals surface area (Å²) in [6, 6.07) is 7.94. The molecule has 0 radical (unpaired) electrons. The molecule has 2 aromatic heterocycles. The number of hydrogen-bond donors (Lipinski definition) is 1. The van der Waals surface area contributed by atoms with E-state index >= 15 is 0 Å². The number of carbonyl (C=O) groups excluding carboxylic acids is 1. The molecule has 4 heterocycles. The number of carbonyl (C=O) groups is 1. The Labute approximate surface area is 158 Å². The summed E-state index contributed by atoms with van der Waals surface area (Å²) in [5.74, 6) is 0.0170. The van der Waals surface area contributed by atoms with Crippen molar-refractivity contribution in [2.75, 3.05) is 33.3 Å². The van der Waals surface area contributed by atoms with Crippen LogP contribution < -0.4 is 5.32 Å². The van der Waals surface area contributed by atoms with Gasteiger partial charge in [0.15, 0.2) is 0 Å². The fourth-order valence-electron chi connectivity index (χ4n) is 3.86. The standard InChI is InChI=1S/C20H25N3O2S/c1-23-11-7-20(8-12-23)16-14-18(26-17(16)6-13-25-20)19(24)22-10-5-15-4-2-3-9-21-15/h2-4,9,14H,5-8,10-13H2,1H3,(H,22,24). The van der Waals surface area contributed by atoms with E-state index in [0.717, 1.165) is 56.0 Å². The summed E-state index contributed by atoms with van der Waals surface area (Å²) >= 11 is 1.64. The van der Waals surface area contributed by atoms with Crippen molar-refractivity contribution >= 4 is 17.2 Å². The van der Waals surface area contributed by atoms with E-state index in [1.807, 2.05) is 18.2 Å². The second-order valence-electron chi connectivity index (χ2n) is 7.17. The highest BCUT2D eigenvalue weighted by Gasteiger charge is 2.41. The van der Waals surface area contributed by atoms with Crippen LogP contribution in [0.5, 0.6) is 0 Å². The van der Waals surface area contributed by atoms with E-state index in [4.69, 9.17) is 4.74 Å². The number of piperidine rings is 1. The number of nitrogens with zero attached hydrogens (tertiary/aromatic N) is 2. The van der Waals surface area contributed by atoms with Crippen molar-refractivity contribution in [2.24, 2.45) is 0 Å². The molecule has 0 atom stereocenters. The molecule has 6 heteroatoms. The second kappa shape index (κ2) is 7.47. The van der Waals surface area contributed by atoms with Gasteiger partial charge in [0, 0.05) is 49.2 Å². The zero-order chi connectivity index (χ0) is 18.0. The fraction of sp³-hybridized carbons (Fsp3) is 0.500. The molecule has 2 aromatic rings. The summed E-state index contributed by atoms with van der Waals surface area (Å²) in [5.41, 5.74) is 2.08. The third-order valence-corrected chi connectivity index (χ3v) is 6.61. The second-order valence-corrected chi connectivity index (χ2v) is 8.31. The van der Waals surface area contributed by atoms with E-state index in [0.29, 0.717) is 6.54 Å². The Morgan fingerprint density at radius 1 is 1.38 bits per heavy atom. The van der Waals surface area contributed by atoms with Crippen molar-refractivity contribution in [2.45, 2.75) is 31.3 Å². The van der Waals surface area contributed by atoms with Gasteiger partial charge in [0.25, 0.3) is 5.91 Å². The molecule has 1 saturated heterocycles. The first-order chi connectivity index (χ1) is 12.7. The van der Waals surface area contributed by atoms with Crippen LogP contribution in [0.3, 0.4) is 0 Å². The van der Waals surface area contributed by atoms with Crippen molar-refractivity contribution in [1.82, 2.24) is 15.2 Å². The first-order valence-electron chi connectivity index (χ1n) is 9.30. The number of thiophene rings is 1. The van der Waals surface area contributed by atoms with Gasteiger partial charge >= 0.3 is 0 Å². The molecule has 5 nitrogen and oxygen atoms in total. The van der Waals surface area contributed by atoms with E-state index in [1.165, 1.54) is 10.4 Å². The molecule has 0 aromatic carbocycles. The summed E-state index contributed by atoms with van der Waals surface area (Å²) in [7, 11) is 2.16. The maximum Gasteiger partial charge on any atom is 0.261 e. The highest BCUT2D eigenvalue weighted by Crippen LogP contribution is 2.44. The number of nitrogens with one attached hydrogen (secondary N) is 1. The molecule has 0 aliphatic carbocycles. The van der Waals surface area contributed by atoms with Gasteiger partial charge in [-0.05, 0) is 43.7 Å². The molecule has 2 aliphatic rings. The summed E-state index contributed by atoms with van der Waals surface area (Å²) in [6.07, 6.45) is 5.46. The van der Waals surface area contributed by atoms with Crippen LogP contribution in [0.4, 0.5) is 0 Å². The quantitative estimate of drug-likeness (QED) is 0.898. The Bertz CT molecular complexity index is 767. The molecule has 4 rings (SSSR count). The lowest BCUT2D eigenvalue weighted by molar-refractivity contribution is -0.0942. The van der Waals surface area contributed by atoms with Gasteiger partial charge in [0.1, 0.15) is 0 Å². The van der Waals surface area contributed by atoms with Crippen LogP contribution in [0, 0.1) is 0 Å². The lowest BCUT2D eigenvalue weighted by Crippen LogP contribution is -2.44. The minimum absolute atomic E-state index is 0.0170. The van der Waals surface area contributed by atoms with E-state index in [2.05, 4.69) is 28.3 Å². The molecular weight excluding hydrogens is 346 g/mol. The van der Waals surface area contributed by atoms with Crippen molar-refractivity contribution in [3.05, 3.63) is 51.5 Å². The van der Waals surface area contributed by atoms with Gasteiger partial charge < -0.3 is 15.0 Å². The largest absolute Gasteiger partial charge is 0.370 e. The van der Waals surface area contributed by atoms with Gasteiger partial charge in [0.05, 0.1) is 17.1 Å². The van der Waals surface area contributed by atoms with Gasteiger partial charge in [-0.1, -0.05) is 6.07 Å². The van der Waals surface area contributed by atoms with Gasteiger partial charge in [-0.25, -0.2) is 0 Å². The molecule has 1 amide bonds. The summed E-state index contributed by atoms with van der Waals surface area (Å²) in [4.78, 5) is 21.4. The van der Waals surface area contributed by atoms with Crippen molar-refractivity contribution in [1.29, 1.82) is 0 Å². The molecule has 1 spiro atoms. The van der Waals surface area contributed by atoms with Gasteiger partial charge in [0.2, 0.25) is 0 Å². The van der Waals surface area contributed by atoms with Crippen LogP contribution >= 0.6 is 11.3 Å². The van der Waals surface area contributed by atoms with Crippen molar-refractivity contribution < 1.29 is 9.53 Å². The number of aromatic nitrogens is 1. The molecule has 0 unspecified atom stereocenters. The maximum absolute atomic E-state index is 12.6. The Balaban J connectivity index is 1.43. The number of hydrogen-bond acceptors (Lipinski definition) is 5. The summed E-state index contributed by atoms with van der Waals surface area (Å²) in [6.45, 7) is 3.45. The number of fused-ring (bicyclic) bond motifs is 2. The zero-order valence-electron chi connectivity index (χ0n) is 15.2. The van der Waals surface area contributed by atoms with E-state index in [9.17, 15) is 4.79 Å². The molecule has 1 N–H and O–H groups in total. The first-order valence-corrected chi connectivity index (χ1v) is 10.1. The van der Waals surface area contributed by atoms with Crippen LogP contribution in [-0.2, 0) is 23.2 Å². The van der Waals surface area contributed by atoms with E-state index in [1.54, 1.807) is 17.5 Å². The third-order valence-electron chi connectivity index (χ3n) is 5.42. The van der Waals surface area contributed by atoms with Crippen LogP contribution in [0.15, 0.2) is 30.5 Å². The predicted octanol–water partition coefficient (Wildman–Crippen LogP) is 2.61. The minimum atomic E-state index is -0.177. The summed E-state index contributed by atoms with van der Waals surface area (Å²) < 4.78 is 6.25. The first kappa shape index (κ1) is 17.6. The van der Waals surface area contributed by atoms with E-state index in [-0.39, 0.29) is 11.5 Å². The number of likely N-dealkylation sites (tertiary alicyclic amines) is 1. The lowest BCUT2D eigenvalue weighted by atomic mass is 9.82. The van der Waals surface area contributed by atoms with Crippen molar-refractivity contribution in [3.8, 4) is 0 Å². The molecular formula is C20H25N3O2S. The minimum Gasteiger partial charge on any atom is -0.370 e. The zero-order valence-corrected chi connectivity index (χ0v) is 16.0. The van der Waals surface area contributed by atoms with Gasteiger partial charge in [-0.2, -0.15) is 0 Å². The van der Waals surface area contributed by atoms with Gasteiger partial charge in [-0.3, -0.25) is 9.78 Å². The lowest BCUT2D eigenvalue weighted by Gasteiger charge is -2.43.